The number of hydrogen-bond donors (Lipinski definition) is 1. The zero-order valence-electron chi connectivity index (χ0n) is 16.9. The van der Waals surface area contributed by atoms with Crippen LogP contribution in [-0.4, -0.2) is 40.0 Å². The lowest BCUT2D eigenvalue weighted by Gasteiger charge is -2.29. The van der Waals surface area contributed by atoms with Crippen LogP contribution in [0.3, 0.4) is 0 Å². The van der Waals surface area contributed by atoms with E-state index in [0.717, 1.165) is 16.7 Å². The van der Waals surface area contributed by atoms with Gasteiger partial charge in [-0.05, 0) is 48.2 Å². The van der Waals surface area contributed by atoms with E-state index >= 15 is 0 Å². The monoisotopic (exact) mass is 436 g/mol. The number of carbonyl (C=O) groups is 2. The molecule has 1 aliphatic heterocycles. The van der Waals surface area contributed by atoms with Crippen LogP contribution in [0, 0.1) is 0 Å². The number of halogens is 1. The van der Waals surface area contributed by atoms with Crippen LogP contribution >= 0.6 is 11.6 Å². The summed E-state index contributed by atoms with van der Waals surface area (Å²) in [7, 11) is 1.58. The molecule has 2 heterocycles. The van der Waals surface area contributed by atoms with E-state index in [1.165, 1.54) is 4.90 Å². The molecule has 2 atom stereocenters. The van der Waals surface area contributed by atoms with Crippen molar-refractivity contribution < 1.29 is 19.4 Å². The molecule has 2 aromatic carbocycles. The minimum absolute atomic E-state index is 0.330. The predicted molar refractivity (Wildman–Crippen MR) is 117 cm³/mol. The second-order valence-electron chi connectivity index (χ2n) is 7.33. The van der Waals surface area contributed by atoms with Crippen molar-refractivity contribution >= 4 is 23.5 Å². The van der Waals surface area contributed by atoms with Crippen molar-refractivity contribution in [1.29, 1.82) is 0 Å². The Bertz CT molecular complexity index is 1120. The normalized spacial score (nSPS) is 18.1. The summed E-state index contributed by atoms with van der Waals surface area (Å²) in [4.78, 5) is 30.8. The van der Waals surface area contributed by atoms with Gasteiger partial charge in [-0.3, -0.25) is 9.78 Å². The molecule has 1 N–H and O–H groups in total. The average molecular weight is 437 g/mol. The van der Waals surface area contributed by atoms with Gasteiger partial charge in [0, 0.05) is 22.3 Å². The number of likely N-dealkylation sites (tertiary alicyclic amines) is 1. The summed E-state index contributed by atoms with van der Waals surface area (Å²) in [5, 5.41) is 10.2. The second kappa shape index (κ2) is 8.78. The minimum atomic E-state index is -1.01. The number of rotatable bonds is 5. The number of amides is 1. The van der Waals surface area contributed by atoms with Crippen molar-refractivity contribution in [2.24, 2.45) is 0 Å². The molecule has 1 aromatic heterocycles. The second-order valence-corrected chi connectivity index (χ2v) is 7.74. The molecular formula is C24H21ClN2O4. The summed E-state index contributed by atoms with van der Waals surface area (Å²) in [5.41, 5.74) is 2.91. The molecule has 1 fully saturated rings. The molecule has 0 bridgehead atoms. The molecule has 4 rings (SSSR count). The van der Waals surface area contributed by atoms with E-state index in [4.69, 9.17) is 16.3 Å². The van der Waals surface area contributed by atoms with Gasteiger partial charge in [-0.2, -0.15) is 0 Å². The average Bonchev–Trinajstić information content (AvgIpc) is 3.24. The first-order chi connectivity index (χ1) is 15.0. The minimum Gasteiger partial charge on any atom is -0.494 e. The highest BCUT2D eigenvalue weighted by Crippen LogP contribution is 2.40. The maximum Gasteiger partial charge on any atom is 0.326 e. The van der Waals surface area contributed by atoms with E-state index < -0.39 is 12.0 Å². The smallest absolute Gasteiger partial charge is 0.326 e. The van der Waals surface area contributed by atoms with Crippen LogP contribution in [-0.2, 0) is 4.79 Å². The Kier molecular flexibility index (Phi) is 5.91. The van der Waals surface area contributed by atoms with Gasteiger partial charge in [-0.15, -0.1) is 0 Å². The van der Waals surface area contributed by atoms with Gasteiger partial charge in [-0.1, -0.05) is 41.9 Å². The number of benzene rings is 2. The first-order valence-corrected chi connectivity index (χ1v) is 10.3. The first-order valence-electron chi connectivity index (χ1n) is 9.89. The lowest BCUT2D eigenvalue weighted by molar-refractivity contribution is -0.141. The molecule has 3 aromatic rings. The molecular weight excluding hydrogens is 416 g/mol. The number of methoxy groups -OCH3 is 1. The Morgan fingerprint density at radius 1 is 1.10 bits per heavy atom. The van der Waals surface area contributed by atoms with Crippen molar-refractivity contribution in [2.45, 2.75) is 24.9 Å². The molecule has 0 unspecified atom stereocenters. The van der Waals surface area contributed by atoms with E-state index in [-0.39, 0.29) is 11.9 Å². The molecule has 1 saturated heterocycles. The summed E-state index contributed by atoms with van der Waals surface area (Å²) in [6.45, 7) is 0. The summed E-state index contributed by atoms with van der Waals surface area (Å²) in [6.07, 6.45) is 4.22. The van der Waals surface area contributed by atoms with Gasteiger partial charge in [0.05, 0.1) is 19.3 Å². The highest BCUT2D eigenvalue weighted by atomic mass is 35.5. The topological polar surface area (TPSA) is 79.7 Å². The van der Waals surface area contributed by atoms with Gasteiger partial charge in [0.25, 0.3) is 5.91 Å². The summed E-state index contributed by atoms with van der Waals surface area (Å²) in [5.74, 6) is -0.713. The molecule has 0 spiro atoms. The zero-order valence-corrected chi connectivity index (χ0v) is 17.6. The van der Waals surface area contributed by atoms with Gasteiger partial charge >= 0.3 is 5.97 Å². The van der Waals surface area contributed by atoms with Gasteiger partial charge in [0.2, 0.25) is 0 Å². The van der Waals surface area contributed by atoms with Crippen molar-refractivity contribution in [3.8, 4) is 16.9 Å². The Hall–Kier alpha value is -3.38. The Morgan fingerprint density at radius 2 is 1.84 bits per heavy atom. The number of nitrogens with zero attached hydrogens (tertiary/aromatic N) is 2. The summed E-state index contributed by atoms with van der Waals surface area (Å²) < 4.78 is 5.36. The molecule has 6 nitrogen and oxygen atoms in total. The van der Waals surface area contributed by atoms with E-state index in [9.17, 15) is 14.7 Å². The number of carboxylic acids is 1. The Labute approximate surface area is 185 Å². The summed E-state index contributed by atoms with van der Waals surface area (Å²) >= 11 is 6.36. The number of ether oxygens (including phenoxy) is 1. The Balaban J connectivity index is 1.67. The number of carboxylic acid groups (broad SMARTS) is 1. The number of hydrogen-bond acceptors (Lipinski definition) is 4. The number of carbonyl (C=O) groups excluding carboxylic acids is 1. The van der Waals surface area contributed by atoms with Crippen LogP contribution in [0.5, 0.6) is 5.75 Å². The molecule has 0 saturated carbocycles. The molecule has 1 amide bonds. The quantitative estimate of drug-likeness (QED) is 0.619. The third-order valence-corrected chi connectivity index (χ3v) is 5.96. The molecule has 0 aliphatic carbocycles. The SMILES string of the molecule is COc1cnccc1-c1ccc(C(=O)N2[C@@H](c3ccccc3Cl)CC[C@H]2C(=O)O)cc1. The van der Waals surface area contributed by atoms with Gasteiger partial charge < -0.3 is 14.7 Å². The lowest BCUT2D eigenvalue weighted by Crippen LogP contribution is -2.41. The fraction of sp³-hybridized carbons (Fsp3) is 0.208. The van der Waals surface area contributed by atoms with Gasteiger partial charge in [0.15, 0.2) is 0 Å². The fourth-order valence-corrected chi connectivity index (χ4v) is 4.37. The fourth-order valence-electron chi connectivity index (χ4n) is 4.11. The molecule has 1 aliphatic rings. The van der Waals surface area contributed by atoms with Gasteiger partial charge in [-0.25, -0.2) is 4.79 Å². The van der Waals surface area contributed by atoms with Crippen LogP contribution in [0.1, 0.15) is 34.8 Å². The third-order valence-electron chi connectivity index (χ3n) is 5.62. The van der Waals surface area contributed by atoms with Crippen molar-refractivity contribution in [1.82, 2.24) is 9.88 Å². The highest BCUT2D eigenvalue weighted by Gasteiger charge is 2.42. The lowest BCUT2D eigenvalue weighted by atomic mass is 10.0. The van der Waals surface area contributed by atoms with Crippen molar-refractivity contribution in [2.75, 3.05) is 7.11 Å². The first kappa shape index (κ1) is 20.9. The largest absolute Gasteiger partial charge is 0.494 e. The predicted octanol–water partition coefficient (Wildman–Crippen LogP) is 4.84. The highest BCUT2D eigenvalue weighted by molar-refractivity contribution is 6.31. The van der Waals surface area contributed by atoms with E-state index in [0.29, 0.717) is 29.2 Å². The maximum absolute atomic E-state index is 13.4. The van der Waals surface area contributed by atoms with Gasteiger partial charge in [0.1, 0.15) is 11.8 Å². The van der Waals surface area contributed by atoms with Crippen LogP contribution in [0.2, 0.25) is 5.02 Å². The molecule has 31 heavy (non-hydrogen) atoms. The van der Waals surface area contributed by atoms with E-state index in [1.807, 2.05) is 36.4 Å². The maximum atomic E-state index is 13.4. The Morgan fingerprint density at radius 3 is 2.52 bits per heavy atom. The number of aliphatic carboxylic acids is 1. The molecule has 158 valence electrons. The molecule has 0 radical (unpaired) electrons. The summed E-state index contributed by atoms with van der Waals surface area (Å²) in [6, 6.07) is 14.9. The van der Waals surface area contributed by atoms with E-state index in [2.05, 4.69) is 4.98 Å². The van der Waals surface area contributed by atoms with Crippen LogP contribution in [0.25, 0.3) is 11.1 Å². The van der Waals surface area contributed by atoms with E-state index in [1.54, 1.807) is 37.7 Å². The van der Waals surface area contributed by atoms with Crippen molar-refractivity contribution in [3.63, 3.8) is 0 Å². The van der Waals surface area contributed by atoms with Crippen LogP contribution < -0.4 is 4.74 Å². The zero-order chi connectivity index (χ0) is 22.0. The molecule has 7 heteroatoms. The standard InChI is InChI=1S/C24H21ClN2O4/c1-31-22-14-26-13-12-17(22)15-6-8-16(9-7-15)23(28)27-20(10-11-21(27)24(29)30)18-4-2-3-5-19(18)25/h2-9,12-14,20-21H,10-11H2,1H3,(H,29,30)/t20-,21+/m1/s1. The number of aromatic nitrogens is 1. The number of pyridine rings is 1. The third kappa shape index (κ3) is 3.99. The van der Waals surface area contributed by atoms with Crippen LogP contribution in [0.15, 0.2) is 67.0 Å². The van der Waals surface area contributed by atoms with Crippen molar-refractivity contribution in [3.05, 3.63) is 83.1 Å². The van der Waals surface area contributed by atoms with Crippen LogP contribution in [0.4, 0.5) is 0 Å².